The molecule has 72 valence electrons. The lowest BCUT2D eigenvalue weighted by Gasteiger charge is -2.14. The quantitative estimate of drug-likeness (QED) is 0.492. The van der Waals surface area contributed by atoms with Crippen LogP contribution in [0.5, 0.6) is 0 Å². The lowest BCUT2D eigenvalue weighted by atomic mass is 9.97. The van der Waals surface area contributed by atoms with Crippen LogP contribution in [0.4, 0.5) is 0 Å². The van der Waals surface area contributed by atoms with Crippen molar-refractivity contribution in [1.82, 2.24) is 5.43 Å². The molecule has 2 heteroatoms. The van der Waals surface area contributed by atoms with Gasteiger partial charge in [-0.2, -0.15) is 0 Å². The van der Waals surface area contributed by atoms with Crippen molar-refractivity contribution in [2.75, 3.05) is 6.54 Å². The van der Waals surface area contributed by atoms with Gasteiger partial charge in [0.2, 0.25) is 0 Å². The lowest BCUT2D eigenvalue weighted by Crippen LogP contribution is -2.28. The number of hydrogen-bond donors (Lipinski definition) is 2. The molecule has 0 aromatic rings. The van der Waals surface area contributed by atoms with E-state index in [-0.39, 0.29) is 0 Å². The van der Waals surface area contributed by atoms with Crippen LogP contribution in [0.15, 0.2) is 0 Å². The largest absolute Gasteiger partial charge is 0.271 e. The number of nitrogens with one attached hydrogen (secondary N) is 1. The smallest absolute Gasteiger partial charge is 0.0126 e. The van der Waals surface area contributed by atoms with Crippen molar-refractivity contribution in [3.05, 3.63) is 0 Å². The molecule has 0 amide bonds. The maximum atomic E-state index is 5.34. The Morgan fingerprint density at radius 2 is 1.42 bits per heavy atom. The average molecular weight is 170 g/mol. The summed E-state index contributed by atoms with van der Waals surface area (Å²) in [6, 6.07) is 0. The predicted molar refractivity (Wildman–Crippen MR) is 52.6 cm³/mol. The van der Waals surface area contributed by atoms with Gasteiger partial charge < -0.3 is 0 Å². The summed E-state index contributed by atoms with van der Waals surface area (Å²) in [5.74, 6) is 6.18. The van der Waals surface area contributed by atoms with Crippen LogP contribution < -0.4 is 11.3 Å². The molecule has 1 aliphatic rings. The van der Waals surface area contributed by atoms with Gasteiger partial charge in [0.15, 0.2) is 0 Å². The molecule has 1 rings (SSSR count). The number of rotatable bonds is 2. The lowest BCUT2D eigenvalue weighted by molar-refractivity contribution is 0.404. The maximum Gasteiger partial charge on any atom is 0.0126 e. The van der Waals surface area contributed by atoms with Crippen LogP contribution in [-0.4, -0.2) is 6.54 Å². The normalized spacial score (nSPS) is 22.8. The highest BCUT2D eigenvalue weighted by atomic mass is 15.2. The van der Waals surface area contributed by atoms with Crippen LogP contribution in [0.25, 0.3) is 0 Å². The monoisotopic (exact) mass is 170 g/mol. The highest BCUT2D eigenvalue weighted by molar-refractivity contribution is 4.63. The SMILES string of the molecule is NNCC1CCCCCCCC1. The zero-order chi connectivity index (χ0) is 8.65. The third-order valence-electron chi connectivity index (χ3n) is 2.88. The first-order valence-electron chi connectivity index (χ1n) is 5.37. The van der Waals surface area contributed by atoms with Gasteiger partial charge in [-0.25, -0.2) is 0 Å². The molecule has 0 atom stereocenters. The molecule has 1 aliphatic carbocycles. The van der Waals surface area contributed by atoms with E-state index >= 15 is 0 Å². The summed E-state index contributed by atoms with van der Waals surface area (Å²) in [6.45, 7) is 1.01. The fourth-order valence-corrected chi connectivity index (χ4v) is 2.09. The van der Waals surface area contributed by atoms with Gasteiger partial charge in [0.1, 0.15) is 0 Å². The third-order valence-corrected chi connectivity index (χ3v) is 2.88. The van der Waals surface area contributed by atoms with Gasteiger partial charge in [-0.15, -0.1) is 0 Å². The number of hydrogen-bond acceptors (Lipinski definition) is 2. The summed E-state index contributed by atoms with van der Waals surface area (Å²) in [5, 5.41) is 0. The van der Waals surface area contributed by atoms with Gasteiger partial charge >= 0.3 is 0 Å². The second-order valence-electron chi connectivity index (χ2n) is 3.97. The van der Waals surface area contributed by atoms with Crippen molar-refractivity contribution in [3.8, 4) is 0 Å². The van der Waals surface area contributed by atoms with E-state index in [9.17, 15) is 0 Å². The van der Waals surface area contributed by atoms with E-state index in [2.05, 4.69) is 5.43 Å². The van der Waals surface area contributed by atoms with Crippen LogP contribution in [0.3, 0.4) is 0 Å². The van der Waals surface area contributed by atoms with E-state index in [1.807, 2.05) is 0 Å². The van der Waals surface area contributed by atoms with Crippen LogP contribution in [0.1, 0.15) is 51.4 Å². The summed E-state index contributed by atoms with van der Waals surface area (Å²) < 4.78 is 0. The molecule has 0 aromatic heterocycles. The van der Waals surface area contributed by atoms with Gasteiger partial charge in [-0.1, -0.05) is 38.5 Å². The summed E-state index contributed by atoms with van der Waals surface area (Å²) in [5.41, 5.74) is 2.81. The molecule has 2 nitrogen and oxygen atoms in total. The minimum absolute atomic E-state index is 0.841. The van der Waals surface area contributed by atoms with Crippen molar-refractivity contribution in [1.29, 1.82) is 0 Å². The van der Waals surface area contributed by atoms with Crippen molar-refractivity contribution < 1.29 is 0 Å². The van der Waals surface area contributed by atoms with Crippen LogP contribution in [0, 0.1) is 5.92 Å². The first-order chi connectivity index (χ1) is 5.93. The predicted octanol–water partition coefficient (Wildman–Crippen LogP) is 2.20. The molecule has 12 heavy (non-hydrogen) atoms. The molecule has 0 aromatic carbocycles. The highest BCUT2D eigenvalue weighted by Crippen LogP contribution is 2.20. The molecule has 1 saturated carbocycles. The molecule has 0 bridgehead atoms. The topological polar surface area (TPSA) is 38.0 Å². The second-order valence-corrected chi connectivity index (χ2v) is 3.97. The molecule has 0 spiro atoms. The third kappa shape index (κ3) is 4.07. The number of nitrogens with two attached hydrogens (primary N) is 1. The Hall–Kier alpha value is -0.0800. The second kappa shape index (κ2) is 6.44. The molecule has 0 saturated heterocycles. The molecule has 0 heterocycles. The summed E-state index contributed by atoms with van der Waals surface area (Å²) in [7, 11) is 0. The minimum atomic E-state index is 0.841. The van der Waals surface area contributed by atoms with Gasteiger partial charge in [0.05, 0.1) is 0 Å². The van der Waals surface area contributed by atoms with Gasteiger partial charge in [0.25, 0.3) is 0 Å². The van der Waals surface area contributed by atoms with Crippen LogP contribution >= 0.6 is 0 Å². The average Bonchev–Trinajstić information content (AvgIpc) is 2.19. The van der Waals surface area contributed by atoms with E-state index in [0.717, 1.165) is 12.5 Å². The van der Waals surface area contributed by atoms with E-state index < -0.39 is 0 Å². The highest BCUT2D eigenvalue weighted by Gasteiger charge is 2.08. The van der Waals surface area contributed by atoms with Gasteiger partial charge in [0, 0.05) is 6.54 Å². The fraction of sp³-hybridized carbons (Fsp3) is 1.00. The Morgan fingerprint density at radius 1 is 0.917 bits per heavy atom. The van der Waals surface area contributed by atoms with E-state index in [0.29, 0.717) is 0 Å². The summed E-state index contributed by atoms with van der Waals surface area (Å²) in [4.78, 5) is 0. The molecule has 0 unspecified atom stereocenters. The van der Waals surface area contributed by atoms with Crippen LogP contribution in [0.2, 0.25) is 0 Å². The summed E-state index contributed by atoms with van der Waals surface area (Å²) in [6.07, 6.45) is 11.3. The van der Waals surface area contributed by atoms with Crippen molar-refractivity contribution in [2.45, 2.75) is 51.4 Å². The van der Waals surface area contributed by atoms with Gasteiger partial charge in [-0.3, -0.25) is 11.3 Å². The molecular formula is C10H22N2. The van der Waals surface area contributed by atoms with Crippen molar-refractivity contribution in [3.63, 3.8) is 0 Å². The Bertz CT molecular complexity index is 94.0. The Kier molecular flexibility index (Phi) is 5.37. The molecule has 0 aliphatic heterocycles. The Balaban J connectivity index is 2.19. The molecule has 0 radical (unpaired) electrons. The molecular weight excluding hydrogens is 148 g/mol. The van der Waals surface area contributed by atoms with Crippen molar-refractivity contribution in [2.24, 2.45) is 11.8 Å². The molecule has 1 fully saturated rings. The summed E-state index contributed by atoms with van der Waals surface area (Å²) >= 11 is 0. The zero-order valence-corrected chi connectivity index (χ0v) is 8.02. The van der Waals surface area contributed by atoms with Gasteiger partial charge in [-0.05, 0) is 18.8 Å². The number of hydrazine groups is 1. The standard InChI is InChI=1S/C10H22N2/c11-12-9-10-7-5-3-1-2-4-6-8-10/h10,12H,1-9,11H2. The zero-order valence-electron chi connectivity index (χ0n) is 8.02. The minimum Gasteiger partial charge on any atom is -0.271 e. The maximum absolute atomic E-state index is 5.34. The van der Waals surface area contributed by atoms with Crippen molar-refractivity contribution >= 4 is 0 Å². The molecule has 3 N–H and O–H groups in total. The fourth-order valence-electron chi connectivity index (χ4n) is 2.09. The van der Waals surface area contributed by atoms with E-state index in [4.69, 9.17) is 5.84 Å². The Morgan fingerprint density at radius 3 is 1.92 bits per heavy atom. The van der Waals surface area contributed by atoms with Crippen LogP contribution in [-0.2, 0) is 0 Å². The first-order valence-corrected chi connectivity index (χ1v) is 5.37. The first kappa shape index (κ1) is 10.0. The van der Waals surface area contributed by atoms with E-state index in [1.165, 1.54) is 51.4 Å². The van der Waals surface area contributed by atoms with E-state index in [1.54, 1.807) is 0 Å². The Labute approximate surface area is 75.9 Å².